The molecule has 0 saturated carbocycles. The summed E-state index contributed by atoms with van der Waals surface area (Å²) in [4.78, 5) is 18.8. The van der Waals surface area contributed by atoms with E-state index in [1.807, 2.05) is 31.5 Å². The molecule has 166 valence electrons. The second-order valence-electron chi connectivity index (χ2n) is 8.29. The Hall–Kier alpha value is -1.65. The molecule has 2 rings (SSSR count). The molecule has 0 bridgehead atoms. The second kappa shape index (κ2) is 9.90. The van der Waals surface area contributed by atoms with Gasteiger partial charge in [-0.15, -0.1) is 0 Å². The Bertz CT molecular complexity index is 776. The number of aromatic nitrogens is 2. The lowest BCUT2D eigenvalue weighted by Gasteiger charge is -2.33. The number of hydrogen-bond donors (Lipinski definition) is 0. The van der Waals surface area contributed by atoms with Gasteiger partial charge in [0.1, 0.15) is 11.4 Å². The molecule has 10 heteroatoms. The van der Waals surface area contributed by atoms with Gasteiger partial charge in [0.15, 0.2) is 0 Å². The first-order valence-corrected chi connectivity index (χ1v) is 11.7. The lowest BCUT2D eigenvalue weighted by atomic mass is 9.96. The fourth-order valence-corrected chi connectivity index (χ4v) is 3.63. The average molecular weight is 432 g/mol. The fraction of sp³-hybridized carbons (Fsp3) is 0.789. The molecule has 0 spiro atoms. The fourth-order valence-electron chi connectivity index (χ4n) is 3.25. The molecule has 1 aliphatic rings. The van der Waals surface area contributed by atoms with Crippen LogP contribution in [0.1, 0.15) is 51.0 Å². The number of amides is 1. The number of nitrogens with zero attached hydrogens (tertiary/aromatic N) is 3. The number of methoxy groups -OCH3 is 1. The zero-order valence-corrected chi connectivity index (χ0v) is 18.8. The van der Waals surface area contributed by atoms with Crippen molar-refractivity contribution in [2.75, 3.05) is 39.7 Å². The van der Waals surface area contributed by atoms with E-state index in [0.29, 0.717) is 32.7 Å². The van der Waals surface area contributed by atoms with Gasteiger partial charge in [-0.3, -0.25) is 4.18 Å². The highest BCUT2D eigenvalue weighted by molar-refractivity contribution is 7.85. The quantitative estimate of drug-likeness (QED) is 0.582. The summed E-state index contributed by atoms with van der Waals surface area (Å²) in [6.45, 7) is 7.78. The van der Waals surface area contributed by atoms with E-state index >= 15 is 0 Å². The van der Waals surface area contributed by atoms with Crippen LogP contribution in [0.15, 0.2) is 6.20 Å². The van der Waals surface area contributed by atoms with Gasteiger partial charge in [0.2, 0.25) is 0 Å². The van der Waals surface area contributed by atoms with Crippen LogP contribution in [-0.2, 0) is 36.7 Å². The molecular weight excluding hydrogens is 398 g/mol. The van der Waals surface area contributed by atoms with E-state index in [-0.39, 0.29) is 18.6 Å². The average Bonchev–Trinajstić information content (AvgIpc) is 3.00. The third-order valence-corrected chi connectivity index (χ3v) is 5.16. The Morgan fingerprint density at radius 2 is 1.90 bits per heavy atom. The summed E-state index contributed by atoms with van der Waals surface area (Å²) < 4.78 is 39.9. The maximum atomic E-state index is 12.3. The van der Waals surface area contributed by atoms with Gasteiger partial charge in [-0.25, -0.2) is 9.78 Å². The van der Waals surface area contributed by atoms with Gasteiger partial charge in [-0.2, -0.15) is 8.42 Å². The van der Waals surface area contributed by atoms with Crippen molar-refractivity contribution in [3.05, 3.63) is 17.7 Å². The minimum atomic E-state index is -3.48. The van der Waals surface area contributed by atoms with Crippen LogP contribution >= 0.6 is 0 Å². The van der Waals surface area contributed by atoms with Crippen LogP contribution in [0.5, 0.6) is 0 Å². The number of piperidine rings is 1. The van der Waals surface area contributed by atoms with E-state index in [2.05, 4.69) is 0 Å². The Morgan fingerprint density at radius 1 is 1.24 bits per heavy atom. The number of carbonyl (C=O) groups excluding carboxylic acids is 1. The van der Waals surface area contributed by atoms with E-state index < -0.39 is 15.7 Å². The maximum absolute atomic E-state index is 12.3. The second-order valence-corrected chi connectivity index (χ2v) is 9.94. The van der Waals surface area contributed by atoms with Gasteiger partial charge in [-0.1, -0.05) is 0 Å². The van der Waals surface area contributed by atoms with E-state index in [9.17, 15) is 13.2 Å². The third kappa shape index (κ3) is 7.94. The Labute approximate surface area is 173 Å². The van der Waals surface area contributed by atoms with Gasteiger partial charge in [-0.05, 0) is 33.6 Å². The lowest BCUT2D eigenvalue weighted by Crippen LogP contribution is -2.41. The van der Waals surface area contributed by atoms with Crippen molar-refractivity contribution in [2.24, 2.45) is 0 Å². The van der Waals surface area contributed by atoms with Crippen LogP contribution in [0.25, 0.3) is 0 Å². The Morgan fingerprint density at radius 3 is 2.45 bits per heavy atom. The summed E-state index contributed by atoms with van der Waals surface area (Å²) in [7, 11) is -1.84. The highest BCUT2D eigenvalue weighted by atomic mass is 32.2. The Balaban J connectivity index is 2.04. The summed E-state index contributed by atoms with van der Waals surface area (Å²) in [5.74, 6) is 1.08. The van der Waals surface area contributed by atoms with E-state index in [4.69, 9.17) is 18.6 Å². The number of ether oxygens (including phenoxy) is 2. The highest BCUT2D eigenvalue weighted by Crippen LogP contribution is 2.28. The molecule has 1 aliphatic heterocycles. The molecule has 0 aliphatic carbocycles. The molecule has 1 aromatic heterocycles. The zero-order chi connectivity index (χ0) is 21.7. The minimum absolute atomic E-state index is 0.0582. The van der Waals surface area contributed by atoms with Crippen LogP contribution in [0, 0.1) is 0 Å². The van der Waals surface area contributed by atoms with Crippen molar-refractivity contribution in [1.82, 2.24) is 14.5 Å². The molecule has 9 nitrogen and oxygen atoms in total. The van der Waals surface area contributed by atoms with E-state index in [1.54, 1.807) is 12.0 Å². The number of likely N-dealkylation sites (tertiary alicyclic amines) is 1. The maximum Gasteiger partial charge on any atom is 0.410 e. The highest BCUT2D eigenvalue weighted by Gasteiger charge is 2.29. The smallest absolute Gasteiger partial charge is 0.410 e. The summed E-state index contributed by atoms with van der Waals surface area (Å²) >= 11 is 0. The molecule has 0 N–H and O–H groups in total. The molecule has 29 heavy (non-hydrogen) atoms. The van der Waals surface area contributed by atoms with Crippen molar-refractivity contribution < 1.29 is 26.9 Å². The molecule has 1 amide bonds. The largest absolute Gasteiger partial charge is 0.444 e. The molecule has 1 saturated heterocycles. The molecule has 0 atom stereocenters. The summed E-state index contributed by atoms with van der Waals surface area (Å²) in [5.41, 5.74) is 0.385. The van der Waals surface area contributed by atoms with Crippen LogP contribution in [0.4, 0.5) is 4.79 Å². The molecule has 1 fully saturated rings. The first kappa shape index (κ1) is 23.6. The SMILES string of the molecule is COCCc1cn(CCOS(C)(=O)=O)c(C2CCN(C(=O)OC(C)(C)C)CC2)n1. The van der Waals surface area contributed by atoms with E-state index in [0.717, 1.165) is 30.6 Å². The molecular formula is C19H33N3O6S. The topological polar surface area (TPSA) is 100.0 Å². The van der Waals surface area contributed by atoms with E-state index in [1.165, 1.54) is 0 Å². The monoisotopic (exact) mass is 431 g/mol. The zero-order valence-electron chi connectivity index (χ0n) is 18.0. The van der Waals surface area contributed by atoms with Crippen LogP contribution in [0.2, 0.25) is 0 Å². The van der Waals surface area contributed by atoms with Gasteiger partial charge in [0.05, 0.1) is 25.2 Å². The van der Waals surface area contributed by atoms with Crippen molar-refractivity contribution in [1.29, 1.82) is 0 Å². The molecule has 0 radical (unpaired) electrons. The first-order chi connectivity index (χ1) is 13.5. The molecule has 0 aromatic carbocycles. The van der Waals surface area contributed by atoms with Gasteiger partial charge < -0.3 is 18.9 Å². The minimum Gasteiger partial charge on any atom is -0.444 e. The predicted molar refractivity (Wildman–Crippen MR) is 108 cm³/mol. The van der Waals surface area contributed by atoms with Crippen LogP contribution in [-0.4, -0.2) is 74.2 Å². The van der Waals surface area contributed by atoms with Gasteiger partial charge >= 0.3 is 6.09 Å². The number of carbonyl (C=O) groups is 1. The standard InChI is InChI=1S/C19H33N3O6S/c1-19(2,3)28-18(23)21-9-6-15(7-10-21)17-20-16(8-12-26-4)14-22(17)11-13-27-29(5,24)25/h14-15H,6-13H2,1-5H3. The first-order valence-electron chi connectivity index (χ1n) is 9.85. The third-order valence-electron chi connectivity index (χ3n) is 4.56. The molecule has 2 heterocycles. The Kier molecular flexibility index (Phi) is 8.07. The summed E-state index contributed by atoms with van der Waals surface area (Å²) in [6.07, 6.45) is 4.90. The summed E-state index contributed by atoms with van der Waals surface area (Å²) in [6, 6.07) is 0. The lowest BCUT2D eigenvalue weighted by molar-refractivity contribution is 0.0202. The predicted octanol–water partition coefficient (Wildman–Crippen LogP) is 2.16. The van der Waals surface area contributed by atoms with Gasteiger partial charge in [0, 0.05) is 45.3 Å². The van der Waals surface area contributed by atoms with Crippen molar-refractivity contribution in [2.45, 2.75) is 58.1 Å². The van der Waals surface area contributed by atoms with Crippen molar-refractivity contribution in [3.63, 3.8) is 0 Å². The van der Waals surface area contributed by atoms with Crippen LogP contribution < -0.4 is 0 Å². The van der Waals surface area contributed by atoms with Gasteiger partial charge in [0.25, 0.3) is 10.1 Å². The normalized spacial score (nSPS) is 16.2. The number of rotatable bonds is 8. The molecule has 1 aromatic rings. The van der Waals surface area contributed by atoms with Crippen LogP contribution in [0.3, 0.4) is 0 Å². The number of hydrogen-bond acceptors (Lipinski definition) is 7. The summed E-state index contributed by atoms with van der Waals surface area (Å²) in [5, 5.41) is 0. The van der Waals surface area contributed by atoms with Crippen molar-refractivity contribution >= 4 is 16.2 Å². The van der Waals surface area contributed by atoms with Crippen molar-refractivity contribution in [3.8, 4) is 0 Å². The molecule has 0 unspecified atom stereocenters. The number of imidazole rings is 1.